The van der Waals surface area contributed by atoms with Gasteiger partial charge in [-0.05, 0) is 64.0 Å². The first-order valence-electron chi connectivity index (χ1n) is 8.84. The van der Waals surface area contributed by atoms with Crippen molar-refractivity contribution in [3.63, 3.8) is 0 Å². The highest BCUT2D eigenvalue weighted by atomic mass is 16.3. The summed E-state index contributed by atoms with van der Waals surface area (Å²) in [4.78, 5) is 2.45. The minimum absolute atomic E-state index is 0.305. The molecule has 2 saturated heterocycles. The zero-order chi connectivity index (χ0) is 16.3. The molecular formula is C19H33NO2. The third kappa shape index (κ3) is 4.21. The fourth-order valence-corrected chi connectivity index (χ4v) is 4.03. The molecule has 2 aliphatic heterocycles. The van der Waals surface area contributed by atoms with Crippen molar-refractivity contribution < 1.29 is 10.2 Å². The van der Waals surface area contributed by atoms with Crippen LogP contribution in [-0.4, -0.2) is 45.9 Å². The molecule has 22 heavy (non-hydrogen) atoms. The lowest BCUT2D eigenvalue weighted by atomic mass is 9.82. The Labute approximate surface area is 135 Å². The lowest BCUT2D eigenvalue weighted by Crippen LogP contribution is -2.52. The predicted octanol–water partition coefficient (Wildman–Crippen LogP) is 3.28. The first-order valence-corrected chi connectivity index (χ1v) is 8.84. The van der Waals surface area contributed by atoms with Gasteiger partial charge in [-0.1, -0.05) is 31.6 Å². The van der Waals surface area contributed by atoms with Crippen LogP contribution in [0.5, 0.6) is 0 Å². The summed E-state index contributed by atoms with van der Waals surface area (Å²) >= 11 is 0. The summed E-state index contributed by atoms with van der Waals surface area (Å²) in [7, 11) is 0. The molecule has 0 aromatic rings. The van der Waals surface area contributed by atoms with Gasteiger partial charge in [-0.2, -0.15) is 0 Å². The average Bonchev–Trinajstić information content (AvgIpc) is 2.92. The number of aliphatic hydroxyl groups is 2. The summed E-state index contributed by atoms with van der Waals surface area (Å²) < 4.78 is 0. The molecule has 3 nitrogen and oxygen atoms in total. The molecule has 0 saturated carbocycles. The molecule has 2 rings (SSSR count). The van der Waals surface area contributed by atoms with Gasteiger partial charge >= 0.3 is 0 Å². The monoisotopic (exact) mass is 307 g/mol. The summed E-state index contributed by atoms with van der Waals surface area (Å²) in [5.41, 5.74) is 1.87. The van der Waals surface area contributed by atoms with Crippen molar-refractivity contribution in [1.82, 2.24) is 4.90 Å². The SMILES string of the molecule is CC[C@@H](O)/C(C)=C/C[C@H](C)/C=C1\CN2CCC[C@@H]2[C@](C)(O)C1. The van der Waals surface area contributed by atoms with E-state index >= 15 is 0 Å². The van der Waals surface area contributed by atoms with Crippen LogP contribution in [0.25, 0.3) is 0 Å². The van der Waals surface area contributed by atoms with Crippen molar-refractivity contribution in [2.75, 3.05) is 13.1 Å². The maximum atomic E-state index is 10.7. The van der Waals surface area contributed by atoms with Crippen LogP contribution in [-0.2, 0) is 0 Å². The normalized spacial score (nSPS) is 34.7. The molecule has 0 aliphatic carbocycles. The van der Waals surface area contributed by atoms with E-state index in [0.29, 0.717) is 12.0 Å². The van der Waals surface area contributed by atoms with Crippen LogP contribution < -0.4 is 0 Å². The highest BCUT2D eigenvalue weighted by Gasteiger charge is 2.43. The van der Waals surface area contributed by atoms with Crippen LogP contribution in [0.4, 0.5) is 0 Å². The van der Waals surface area contributed by atoms with Gasteiger partial charge in [0.2, 0.25) is 0 Å². The van der Waals surface area contributed by atoms with Crippen LogP contribution in [0.3, 0.4) is 0 Å². The smallest absolute Gasteiger partial charge is 0.0811 e. The second kappa shape index (κ2) is 7.29. The average molecular weight is 307 g/mol. The van der Waals surface area contributed by atoms with Crippen LogP contribution in [0.15, 0.2) is 23.3 Å². The zero-order valence-electron chi connectivity index (χ0n) is 14.7. The van der Waals surface area contributed by atoms with Gasteiger partial charge in [0, 0.05) is 12.6 Å². The highest BCUT2D eigenvalue weighted by molar-refractivity contribution is 5.18. The Balaban J connectivity index is 1.97. The quantitative estimate of drug-likeness (QED) is 0.766. The molecule has 2 fully saturated rings. The molecule has 0 aromatic heterocycles. The molecule has 2 aliphatic rings. The Morgan fingerprint density at radius 3 is 2.91 bits per heavy atom. The molecule has 2 N–H and O–H groups in total. The Bertz CT molecular complexity index is 439. The van der Waals surface area contributed by atoms with Gasteiger partial charge in [-0.25, -0.2) is 0 Å². The second-order valence-corrected chi connectivity index (χ2v) is 7.57. The largest absolute Gasteiger partial charge is 0.389 e. The fourth-order valence-electron chi connectivity index (χ4n) is 4.03. The van der Waals surface area contributed by atoms with Gasteiger partial charge in [-0.15, -0.1) is 0 Å². The lowest BCUT2D eigenvalue weighted by Gasteiger charge is -2.43. The molecule has 0 radical (unpaired) electrons. The summed E-state index contributed by atoms with van der Waals surface area (Å²) in [5, 5.41) is 20.5. The second-order valence-electron chi connectivity index (χ2n) is 7.57. The lowest BCUT2D eigenvalue weighted by molar-refractivity contribution is -0.0330. The fraction of sp³-hybridized carbons (Fsp3) is 0.789. The number of fused-ring (bicyclic) bond motifs is 1. The van der Waals surface area contributed by atoms with E-state index in [1.165, 1.54) is 12.0 Å². The van der Waals surface area contributed by atoms with Crippen LogP contribution in [0.1, 0.15) is 59.8 Å². The molecule has 4 atom stereocenters. The van der Waals surface area contributed by atoms with Gasteiger partial charge in [0.15, 0.2) is 0 Å². The van der Waals surface area contributed by atoms with E-state index in [9.17, 15) is 10.2 Å². The Kier molecular flexibility index (Phi) is 5.87. The van der Waals surface area contributed by atoms with E-state index in [4.69, 9.17) is 0 Å². The number of nitrogens with zero attached hydrogens (tertiary/aromatic N) is 1. The van der Waals surface area contributed by atoms with Crippen molar-refractivity contribution >= 4 is 0 Å². The number of hydrogen-bond acceptors (Lipinski definition) is 3. The number of aliphatic hydroxyl groups excluding tert-OH is 1. The summed E-state index contributed by atoms with van der Waals surface area (Å²) in [5.74, 6) is 0.448. The van der Waals surface area contributed by atoms with Crippen molar-refractivity contribution in [3.8, 4) is 0 Å². The number of rotatable bonds is 5. The van der Waals surface area contributed by atoms with Crippen LogP contribution >= 0.6 is 0 Å². The van der Waals surface area contributed by atoms with Gasteiger partial charge in [0.25, 0.3) is 0 Å². The van der Waals surface area contributed by atoms with Gasteiger partial charge in [-0.3, -0.25) is 4.90 Å². The summed E-state index contributed by atoms with van der Waals surface area (Å²) in [6.07, 6.45) is 9.07. The first-order chi connectivity index (χ1) is 10.3. The topological polar surface area (TPSA) is 43.7 Å². The van der Waals surface area contributed by atoms with E-state index in [1.807, 2.05) is 20.8 Å². The maximum absolute atomic E-state index is 10.7. The van der Waals surface area contributed by atoms with E-state index in [-0.39, 0.29) is 6.10 Å². The molecule has 126 valence electrons. The molecule has 0 bridgehead atoms. The Morgan fingerprint density at radius 1 is 1.50 bits per heavy atom. The van der Waals surface area contributed by atoms with Crippen molar-refractivity contribution in [2.45, 2.75) is 77.5 Å². The van der Waals surface area contributed by atoms with E-state index in [1.54, 1.807) is 0 Å². The number of piperidine rings is 1. The van der Waals surface area contributed by atoms with Crippen LogP contribution in [0, 0.1) is 5.92 Å². The zero-order valence-corrected chi connectivity index (χ0v) is 14.7. The van der Waals surface area contributed by atoms with Gasteiger partial charge in [0.1, 0.15) is 0 Å². The van der Waals surface area contributed by atoms with E-state index < -0.39 is 5.60 Å². The molecule has 0 unspecified atom stereocenters. The van der Waals surface area contributed by atoms with E-state index in [0.717, 1.165) is 44.3 Å². The first kappa shape index (κ1) is 17.7. The molecular weight excluding hydrogens is 274 g/mol. The molecule has 3 heteroatoms. The van der Waals surface area contributed by atoms with Crippen molar-refractivity contribution in [3.05, 3.63) is 23.3 Å². The van der Waals surface area contributed by atoms with Gasteiger partial charge in [0.05, 0.1) is 11.7 Å². The number of allylic oxidation sites excluding steroid dienone is 2. The third-order valence-corrected chi connectivity index (χ3v) is 5.32. The standard InChI is InChI=1S/C19H33NO2/c1-5-17(21)15(3)9-8-14(2)11-16-12-19(4,22)18-7-6-10-20(18)13-16/h9,11,14,17-18,21-22H,5-8,10,12-13H2,1-4H3/b15-9+,16-11-/t14-,17+,18+,19+/m0/s1. The predicted molar refractivity (Wildman–Crippen MR) is 91.8 cm³/mol. The van der Waals surface area contributed by atoms with Crippen molar-refractivity contribution in [2.24, 2.45) is 5.92 Å². The Hall–Kier alpha value is -0.640. The Morgan fingerprint density at radius 2 is 2.23 bits per heavy atom. The van der Waals surface area contributed by atoms with E-state index in [2.05, 4.69) is 24.0 Å². The number of hydrogen-bond donors (Lipinski definition) is 2. The summed E-state index contributed by atoms with van der Waals surface area (Å²) in [6, 6.07) is 0.349. The summed E-state index contributed by atoms with van der Waals surface area (Å²) in [6.45, 7) is 10.4. The highest BCUT2D eigenvalue weighted by Crippen LogP contribution is 2.37. The van der Waals surface area contributed by atoms with Crippen LogP contribution in [0.2, 0.25) is 0 Å². The molecule has 0 amide bonds. The minimum Gasteiger partial charge on any atom is -0.389 e. The minimum atomic E-state index is -0.579. The molecule has 0 aromatic carbocycles. The van der Waals surface area contributed by atoms with Gasteiger partial charge < -0.3 is 10.2 Å². The molecule has 0 spiro atoms. The van der Waals surface area contributed by atoms with Crippen molar-refractivity contribution in [1.29, 1.82) is 0 Å². The molecule has 2 heterocycles. The third-order valence-electron chi connectivity index (χ3n) is 5.32. The maximum Gasteiger partial charge on any atom is 0.0811 e.